The molecule has 1 unspecified atom stereocenters. The summed E-state index contributed by atoms with van der Waals surface area (Å²) in [4.78, 5) is 0. The van der Waals surface area contributed by atoms with Gasteiger partial charge in [-0.3, -0.25) is 0 Å². The second-order valence-electron chi connectivity index (χ2n) is 5.64. The maximum absolute atomic E-state index is 5.44. The van der Waals surface area contributed by atoms with Crippen molar-refractivity contribution in [2.75, 3.05) is 6.54 Å². The first-order valence-electron chi connectivity index (χ1n) is 7.48. The van der Waals surface area contributed by atoms with Crippen molar-refractivity contribution in [1.29, 1.82) is 0 Å². The van der Waals surface area contributed by atoms with Crippen molar-refractivity contribution in [3.63, 3.8) is 0 Å². The standard InChI is InChI=1S/C18H25NO/c1-5-19-18(17-10-11-20-14(17)4)12-15-6-8-16(9-7-15)13(2)3/h6-11,13,18-19H,5,12H2,1-4H3. The highest BCUT2D eigenvalue weighted by Crippen LogP contribution is 2.23. The lowest BCUT2D eigenvalue weighted by atomic mass is 9.96. The van der Waals surface area contributed by atoms with Crippen LogP contribution in [-0.2, 0) is 6.42 Å². The van der Waals surface area contributed by atoms with Gasteiger partial charge in [-0.25, -0.2) is 0 Å². The van der Waals surface area contributed by atoms with Gasteiger partial charge in [-0.05, 0) is 43.0 Å². The van der Waals surface area contributed by atoms with Crippen LogP contribution in [0.15, 0.2) is 41.0 Å². The molecule has 0 aliphatic rings. The monoisotopic (exact) mass is 271 g/mol. The van der Waals surface area contributed by atoms with Gasteiger partial charge in [-0.1, -0.05) is 45.0 Å². The summed E-state index contributed by atoms with van der Waals surface area (Å²) in [6.07, 6.45) is 2.77. The van der Waals surface area contributed by atoms with Crippen molar-refractivity contribution in [2.24, 2.45) is 0 Å². The van der Waals surface area contributed by atoms with E-state index in [-0.39, 0.29) is 0 Å². The Hall–Kier alpha value is -1.54. The maximum atomic E-state index is 5.44. The Morgan fingerprint density at radius 1 is 1.10 bits per heavy atom. The fourth-order valence-corrected chi connectivity index (χ4v) is 2.57. The Morgan fingerprint density at radius 3 is 2.30 bits per heavy atom. The van der Waals surface area contributed by atoms with Crippen LogP contribution in [0, 0.1) is 6.92 Å². The zero-order valence-electron chi connectivity index (χ0n) is 12.9. The van der Waals surface area contributed by atoms with E-state index in [0.717, 1.165) is 18.7 Å². The van der Waals surface area contributed by atoms with Crippen LogP contribution >= 0.6 is 0 Å². The number of nitrogens with one attached hydrogen (secondary N) is 1. The van der Waals surface area contributed by atoms with Crippen LogP contribution in [0.25, 0.3) is 0 Å². The van der Waals surface area contributed by atoms with Crippen molar-refractivity contribution in [3.05, 3.63) is 59.0 Å². The van der Waals surface area contributed by atoms with Gasteiger partial charge in [-0.2, -0.15) is 0 Å². The first-order chi connectivity index (χ1) is 9.61. The number of aryl methyl sites for hydroxylation is 1. The van der Waals surface area contributed by atoms with Crippen LogP contribution < -0.4 is 5.32 Å². The summed E-state index contributed by atoms with van der Waals surface area (Å²) in [7, 11) is 0. The van der Waals surface area contributed by atoms with E-state index in [9.17, 15) is 0 Å². The summed E-state index contributed by atoms with van der Waals surface area (Å²) < 4.78 is 5.44. The number of likely N-dealkylation sites (N-methyl/N-ethyl adjacent to an activating group) is 1. The van der Waals surface area contributed by atoms with E-state index in [1.807, 2.05) is 6.92 Å². The van der Waals surface area contributed by atoms with E-state index >= 15 is 0 Å². The first-order valence-corrected chi connectivity index (χ1v) is 7.48. The largest absolute Gasteiger partial charge is 0.469 e. The zero-order valence-corrected chi connectivity index (χ0v) is 12.9. The Kier molecular flexibility index (Phi) is 5.02. The molecule has 2 rings (SSSR count). The number of benzene rings is 1. The maximum Gasteiger partial charge on any atom is 0.105 e. The molecule has 2 heteroatoms. The summed E-state index contributed by atoms with van der Waals surface area (Å²) in [5.74, 6) is 1.60. The minimum atomic E-state index is 0.323. The van der Waals surface area contributed by atoms with Gasteiger partial charge in [0.1, 0.15) is 5.76 Å². The topological polar surface area (TPSA) is 25.2 Å². The number of rotatable bonds is 6. The molecule has 1 heterocycles. The molecule has 0 saturated heterocycles. The molecular weight excluding hydrogens is 246 g/mol. The summed E-state index contributed by atoms with van der Waals surface area (Å²) in [5, 5.41) is 3.55. The molecule has 0 radical (unpaired) electrons. The van der Waals surface area contributed by atoms with E-state index in [2.05, 4.69) is 56.4 Å². The third kappa shape index (κ3) is 3.51. The SMILES string of the molecule is CCNC(Cc1ccc(C(C)C)cc1)c1ccoc1C. The van der Waals surface area contributed by atoms with Crippen LogP contribution in [0.3, 0.4) is 0 Å². The van der Waals surface area contributed by atoms with E-state index in [1.54, 1.807) is 6.26 Å². The molecule has 1 atom stereocenters. The number of hydrogen-bond donors (Lipinski definition) is 1. The van der Waals surface area contributed by atoms with Crippen molar-refractivity contribution in [2.45, 2.75) is 46.1 Å². The third-order valence-electron chi connectivity index (χ3n) is 3.81. The van der Waals surface area contributed by atoms with Crippen molar-refractivity contribution in [1.82, 2.24) is 5.32 Å². The average Bonchev–Trinajstić information content (AvgIpc) is 2.85. The van der Waals surface area contributed by atoms with Gasteiger partial charge in [0.25, 0.3) is 0 Å². The lowest BCUT2D eigenvalue weighted by molar-refractivity contribution is 0.501. The molecule has 0 amide bonds. The van der Waals surface area contributed by atoms with Gasteiger partial charge in [-0.15, -0.1) is 0 Å². The van der Waals surface area contributed by atoms with Gasteiger partial charge in [0.05, 0.1) is 6.26 Å². The van der Waals surface area contributed by atoms with Crippen LogP contribution in [-0.4, -0.2) is 6.54 Å². The smallest absolute Gasteiger partial charge is 0.105 e. The van der Waals surface area contributed by atoms with Gasteiger partial charge < -0.3 is 9.73 Å². The average molecular weight is 271 g/mol. The predicted molar refractivity (Wildman–Crippen MR) is 84.1 cm³/mol. The van der Waals surface area contributed by atoms with E-state index in [4.69, 9.17) is 4.42 Å². The van der Waals surface area contributed by atoms with Gasteiger partial charge in [0.2, 0.25) is 0 Å². The third-order valence-corrected chi connectivity index (χ3v) is 3.81. The molecule has 1 aromatic heterocycles. The summed E-state index contributed by atoms with van der Waals surface area (Å²) in [5.41, 5.74) is 4.02. The van der Waals surface area contributed by atoms with Crippen molar-refractivity contribution < 1.29 is 4.42 Å². The fraction of sp³-hybridized carbons (Fsp3) is 0.444. The van der Waals surface area contributed by atoms with E-state index in [0.29, 0.717) is 12.0 Å². The first kappa shape index (κ1) is 14.9. The molecule has 0 spiro atoms. The molecule has 0 fully saturated rings. The minimum absolute atomic E-state index is 0.323. The Morgan fingerprint density at radius 2 is 1.80 bits per heavy atom. The molecule has 20 heavy (non-hydrogen) atoms. The lowest BCUT2D eigenvalue weighted by Crippen LogP contribution is -2.23. The summed E-state index contributed by atoms with van der Waals surface area (Å²) in [6, 6.07) is 11.4. The molecule has 2 aromatic rings. The molecule has 0 aliphatic carbocycles. The van der Waals surface area contributed by atoms with Crippen molar-refractivity contribution >= 4 is 0 Å². The quantitative estimate of drug-likeness (QED) is 0.830. The Labute approximate surface area is 122 Å². The van der Waals surface area contributed by atoms with Crippen molar-refractivity contribution in [3.8, 4) is 0 Å². The molecule has 2 nitrogen and oxygen atoms in total. The zero-order chi connectivity index (χ0) is 14.5. The minimum Gasteiger partial charge on any atom is -0.469 e. The highest BCUT2D eigenvalue weighted by molar-refractivity contribution is 5.28. The molecule has 1 aromatic carbocycles. The van der Waals surface area contributed by atoms with E-state index < -0.39 is 0 Å². The second kappa shape index (κ2) is 6.76. The number of furan rings is 1. The van der Waals surface area contributed by atoms with Crippen LogP contribution in [0.2, 0.25) is 0 Å². The summed E-state index contributed by atoms with van der Waals surface area (Å²) >= 11 is 0. The molecule has 0 bridgehead atoms. The molecule has 108 valence electrons. The lowest BCUT2D eigenvalue weighted by Gasteiger charge is -2.18. The van der Waals surface area contributed by atoms with Crippen LogP contribution in [0.4, 0.5) is 0 Å². The molecule has 0 saturated carbocycles. The van der Waals surface area contributed by atoms with Gasteiger partial charge in [0, 0.05) is 11.6 Å². The van der Waals surface area contributed by atoms with E-state index in [1.165, 1.54) is 16.7 Å². The summed E-state index contributed by atoms with van der Waals surface area (Å²) in [6.45, 7) is 9.59. The van der Waals surface area contributed by atoms with Gasteiger partial charge in [0.15, 0.2) is 0 Å². The van der Waals surface area contributed by atoms with Crippen LogP contribution in [0.5, 0.6) is 0 Å². The Bertz CT molecular complexity index is 525. The fourth-order valence-electron chi connectivity index (χ4n) is 2.57. The number of hydrogen-bond acceptors (Lipinski definition) is 2. The highest BCUT2D eigenvalue weighted by Gasteiger charge is 2.15. The second-order valence-corrected chi connectivity index (χ2v) is 5.64. The molecule has 0 aliphatic heterocycles. The van der Waals surface area contributed by atoms with Gasteiger partial charge >= 0.3 is 0 Å². The molecule has 1 N–H and O–H groups in total. The highest BCUT2D eigenvalue weighted by atomic mass is 16.3. The molecular formula is C18H25NO. The normalized spacial score (nSPS) is 12.8. The Balaban J connectivity index is 2.14. The van der Waals surface area contributed by atoms with Crippen LogP contribution in [0.1, 0.15) is 55.2 Å². The predicted octanol–water partition coefficient (Wildman–Crippen LogP) is 4.60.